The Labute approximate surface area is 142 Å². The quantitative estimate of drug-likeness (QED) is 0.878. The first-order valence-electron chi connectivity index (χ1n) is 7.42. The fourth-order valence-electron chi connectivity index (χ4n) is 2.30. The lowest BCUT2D eigenvalue weighted by molar-refractivity contribution is -0.120. The summed E-state index contributed by atoms with van der Waals surface area (Å²) in [5, 5.41) is 11.1. The molecular weight excluding hydrogens is 314 g/mol. The van der Waals surface area contributed by atoms with Gasteiger partial charge in [0.05, 0.1) is 5.54 Å². The van der Waals surface area contributed by atoms with Crippen molar-refractivity contribution >= 4 is 24.0 Å². The van der Waals surface area contributed by atoms with E-state index in [-0.39, 0.29) is 18.3 Å². The highest BCUT2D eigenvalue weighted by molar-refractivity contribution is 5.98. The minimum absolute atomic E-state index is 0. The average molecular weight is 338 g/mol. The molecule has 0 fully saturated rings. The highest BCUT2D eigenvalue weighted by Gasteiger charge is 2.27. The van der Waals surface area contributed by atoms with Crippen LogP contribution in [0.15, 0.2) is 24.3 Å². The molecule has 7 heteroatoms. The number of nitrogens with one attached hydrogen (secondary N) is 1. The number of rotatable bonds is 5. The molecule has 0 aliphatic carbocycles. The normalized spacial score (nSPS) is 13.1. The van der Waals surface area contributed by atoms with Crippen LogP contribution in [0.5, 0.6) is 0 Å². The van der Waals surface area contributed by atoms with E-state index in [4.69, 9.17) is 5.73 Å². The number of aromatic nitrogens is 3. The zero-order valence-electron chi connectivity index (χ0n) is 14.0. The third kappa shape index (κ3) is 4.30. The van der Waals surface area contributed by atoms with Crippen LogP contribution in [0.3, 0.4) is 0 Å². The van der Waals surface area contributed by atoms with Gasteiger partial charge < -0.3 is 15.6 Å². The van der Waals surface area contributed by atoms with Crippen molar-refractivity contribution in [1.82, 2.24) is 14.8 Å². The van der Waals surface area contributed by atoms with E-state index in [2.05, 4.69) is 15.5 Å². The summed E-state index contributed by atoms with van der Waals surface area (Å²) in [5.74, 6) is 1.42. The van der Waals surface area contributed by atoms with Gasteiger partial charge in [-0.25, -0.2) is 0 Å². The third-order valence-corrected chi connectivity index (χ3v) is 3.76. The number of hydrogen-bond acceptors (Lipinski definition) is 4. The molecule has 1 aromatic heterocycles. The van der Waals surface area contributed by atoms with Gasteiger partial charge in [-0.3, -0.25) is 4.79 Å². The van der Waals surface area contributed by atoms with Gasteiger partial charge in [0.15, 0.2) is 5.82 Å². The maximum absolute atomic E-state index is 12.3. The van der Waals surface area contributed by atoms with Crippen molar-refractivity contribution in [2.24, 2.45) is 12.8 Å². The topological polar surface area (TPSA) is 85.8 Å². The van der Waals surface area contributed by atoms with Gasteiger partial charge in [-0.15, -0.1) is 22.6 Å². The van der Waals surface area contributed by atoms with Crippen LogP contribution in [0.1, 0.15) is 32.5 Å². The summed E-state index contributed by atoms with van der Waals surface area (Å²) in [6.45, 7) is 5.66. The van der Waals surface area contributed by atoms with Crippen molar-refractivity contribution in [3.63, 3.8) is 0 Å². The molecule has 0 saturated heterocycles. The first-order valence-corrected chi connectivity index (χ1v) is 7.42. The number of amides is 1. The van der Waals surface area contributed by atoms with Gasteiger partial charge in [-0.1, -0.05) is 25.5 Å². The van der Waals surface area contributed by atoms with Crippen molar-refractivity contribution < 1.29 is 4.79 Å². The standard InChI is InChI=1S/C16H23N5O.ClH/c1-5-9-16(3,17)15(22)18-13-8-6-7-12(10-13)14-20-19-11(2)21(14)4;/h6-8,10H,5,9,17H2,1-4H3,(H,18,22);1H. The van der Waals surface area contributed by atoms with E-state index in [1.165, 1.54) is 0 Å². The Kier molecular flexibility index (Phi) is 6.29. The van der Waals surface area contributed by atoms with Gasteiger partial charge in [-0.05, 0) is 32.4 Å². The van der Waals surface area contributed by atoms with Gasteiger partial charge in [0.2, 0.25) is 5.91 Å². The monoisotopic (exact) mass is 337 g/mol. The zero-order chi connectivity index (χ0) is 16.3. The Morgan fingerprint density at radius 3 is 2.65 bits per heavy atom. The molecule has 0 radical (unpaired) electrons. The van der Waals surface area contributed by atoms with E-state index in [9.17, 15) is 4.79 Å². The summed E-state index contributed by atoms with van der Waals surface area (Å²) in [5.41, 5.74) is 6.79. The molecule has 2 rings (SSSR count). The Morgan fingerprint density at radius 1 is 1.39 bits per heavy atom. The van der Waals surface area contributed by atoms with Crippen LogP contribution in [0.4, 0.5) is 5.69 Å². The maximum Gasteiger partial charge on any atom is 0.244 e. The predicted octanol–water partition coefficient (Wildman–Crippen LogP) is 2.67. The fourth-order valence-corrected chi connectivity index (χ4v) is 2.30. The van der Waals surface area contributed by atoms with Crippen molar-refractivity contribution in [3.05, 3.63) is 30.1 Å². The van der Waals surface area contributed by atoms with E-state index in [0.29, 0.717) is 12.1 Å². The van der Waals surface area contributed by atoms with Crippen molar-refractivity contribution in [2.45, 2.75) is 39.2 Å². The van der Waals surface area contributed by atoms with Crippen LogP contribution in [0.25, 0.3) is 11.4 Å². The third-order valence-electron chi connectivity index (χ3n) is 3.76. The second kappa shape index (κ2) is 7.57. The second-order valence-corrected chi connectivity index (χ2v) is 5.83. The molecule has 2 aromatic rings. The number of anilines is 1. The molecule has 3 N–H and O–H groups in total. The fraction of sp³-hybridized carbons (Fsp3) is 0.438. The molecule has 0 aliphatic rings. The van der Waals surface area contributed by atoms with Gasteiger partial charge in [0.1, 0.15) is 5.82 Å². The lowest BCUT2D eigenvalue weighted by Crippen LogP contribution is -2.48. The van der Waals surface area contributed by atoms with E-state index < -0.39 is 5.54 Å². The Morgan fingerprint density at radius 2 is 2.09 bits per heavy atom. The minimum atomic E-state index is -0.869. The summed E-state index contributed by atoms with van der Waals surface area (Å²) >= 11 is 0. The Hall–Kier alpha value is -1.92. The number of carbonyl (C=O) groups is 1. The summed E-state index contributed by atoms with van der Waals surface area (Å²) in [6.07, 6.45) is 1.50. The SMILES string of the molecule is CCCC(C)(N)C(=O)Nc1cccc(-c2nnc(C)n2C)c1.Cl. The van der Waals surface area contributed by atoms with Gasteiger partial charge >= 0.3 is 0 Å². The highest BCUT2D eigenvalue weighted by Crippen LogP contribution is 2.22. The lowest BCUT2D eigenvalue weighted by atomic mass is 9.96. The van der Waals surface area contributed by atoms with E-state index in [1.54, 1.807) is 6.92 Å². The summed E-state index contributed by atoms with van der Waals surface area (Å²) < 4.78 is 1.91. The van der Waals surface area contributed by atoms with Crippen molar-refractivity contribution in [3.8, 4) is 11.4 Å². The number of nitrogens with zero attached hydrogens (tertiary/aromatic N) is 3. The number of carbonyl (C=O) groups excluding carboxylic acids is 1. The molecule has 23 heavy (non-hydrogen) atoms. The van der Waals surface area contributed by atoms with Gasteiger partial charge in [0, 0.05) is 18.3 Å². The molecular formula is C16H24ClN5O. The molecule has 126 valence electrons. The molecule has 1 heterocycles. The van der Waals surface area contributed by atoms with Crippen molar-refractivity contribution in [1.29, 1.82) is 0 Å². The minimum Gasteiger partial charge on any atom is -0.324 e. The number of hydrogen-bond donors (Lipinski definition) is 2. The van der Waals surface area contributed by atoms with Gasteiger partial charge in [-0.2, -0.15) is 0 Å². The van der Waals surface area contributed by atoms with Crippen LogP contribution >= 0.6 is 12.4 Å². The molecule has 1 atom stereocenters. The Balaban J connectivity index is 0.00000264. The van der Waals surface area contributed by atoms with Crippen molar-refractivity contribution in [2.75, 3.05) is 5.32 Å². The summed E-state index contributed by atoms with van der Waals surface area (Å²) in [4.78, 5) is 12.3. The summed E-state index contributed by atoms with van der Waals surface area (Å²) in [6, 6.07) is 7.53. The first-order chi connectivity index (χ1) is 10.3. The Bertz CT molecular complexity index is 681. The van der Waals surface area contributed by atoms with Crippen LogP contribution in [0.2, 0.25) is 0 Å². The molecule has 0 spiro atoms. The molecule has 1 unspecified atom stereocenters. The number of halogens is 1. The molecule has 0 saturated carbocycles. The average Bonchev–Trinajstić information content (AvgIpc) is 2.79. The van der Waals surface area contributed by atoms with Crippen LogP contribution in [-0.4, -0.2) is 26.2 Å². The smallest absolute Gasteiger partial charge is 0.244 e. The van der Waals surface area contributed by atoms with Crippen LogP contribution in [-0.2, 0) is 11.8 Å². The lowest BCUT2D eigenvalue weighted by Gasteiger charge is -2.23. The number of aryl methyl sites for hydroxylation is 1. The number of benzene rings is 1. The van der Waals surface area contributed by atoms with E-state index >= 15 is 0 Å². The maximum atomic E-state index is 12.3. The number of nitrogens with two attached hydrogens (primary N) is 1. The predicted molar refractivity (Wildman–Crippen MR) is 94.6 cm³/mol. The highest BCUT2D eigenvalue weighted by atomic mass is 35.5. The van der Waals surface area contributed by atoms with Gasteiger partial charge in [0.25, 0.3) is 0 Å². The zero-order valence-corrected chi connectivity index (χ0v) is 14.8. The molecule has 1 aromatic carbocycles. The first kappa shape index (κ1) is 19.1. The molecule has 0 bridgehead atoms. The van der Waals surface area contributed by atoms with Crippen LogP contribution in [0, 0.1) is 6.92 Å². The molecule has 6 nitrogen and oxygen atoms in total. The van der Waals surface area contributed by atoms with E-state index in [0.717, 1.165) is 23.6 Å². The summed E-state index contributed by atoms with van der Waals surface area (Å²) in [7, 11) is 1.91. The second-order valence-electron chi connectivity index (χ2n) is 5.83. The largest absolute Gasteiger partial charge is 0.324 e. The molecule has 1 amide bonds. The van der Waals surface area contributed by atoms with E-state index in [1.807, 2.05) is 49.7 Å². The van der Waals surface area contributed by atoms with Crippen LogP contribution < -0.4 is 11.1 Å². The molecule has 0 aliphatic heterocycles.